The van der Waals surface area contributed by atoms with E-state index in [1.54, 1.807) is 23.5 Å². The highest BCUT2D eigenvalue weighted by Gasteiger charge is 2.26. The van der Waals surface area contributed by atoms with Crippen LogP contribution in [0, 0.1) is 11.7 Å². The predicted octanol–water partition coefficient (Wildman–Crippen LogP) is 5.08. The molecule has 8 heteroatoms. The Morgan fingerprint density at radius 2 is 2.09 bits per heavy atom. The number of benzene rings is 1. The molecule has 2 aliphatic rings. The van der Waals surface area contributed by atoms with Crippen LogP contribution in [0.4, 0.5) is 10.2 Å². The Morgan fingerprint density at radius 3 is 2.88 bits per heavy atom. The van der Waals surface area contributed by atoms with Crippen LogP contribution >= 0.6 is 22.9 Å². The summed E-state index contributed by atoms with van der Waals surface area (Å²) < 4.78 is 20.0. The van der Waals surface area contributed by atoms with Crippen LogP contribution in [0.5, 0.6) is 0 Å². The molecular weight excluding hydrogens is 447 g/mol. The van der Waals surface area contributed by atoms with Crippen LogP contribution in [-0.4, -0.2) is 48.2 Å². The molecule has 1 saturated heterocycles. The van der Waals surface area contributed by atoms with E-state index in [1.165, 1.54) is 22.9 Å². The van der Waals surface area contributed by atoms with Gasteiger partial charge in [-0.15, -0.1) is 11.3 Å². The van der Waals surface area contributed by atoms with Gasteiger partial charge in [-0.05, 0) is 42.9 Å². The first-order valence-corrected chi connectivity index (χ1v) is 12.4. The number of ether oxygens (including phenoxy) is 1. The summed E-state index contributed by atoms with van der Waals surface area (Å²) in [7, 11) is 1.97. The average Bonchev–Trinajstić information content (AvgIpc) is 3.13. The minimum absolute atomic E-state index is 0.288. The van der Waals surface area contributed by atoms with Crippen molar-refractivity contribution in [2.24, 2.45) is 5.92 Å². The van der Waals surface area contributed by atoms with Crippen molar-refractivity contribution in [3.63, 3.8) is 0 Å². The first-order valence-electron chi connectivity index (χ1n) is 11.2. The van der Waals surface area contributed by atoms with E-state index in [1.807, 2.05) is 11.9 Å². The molecule has 3 heterocycles. The van der Waals surface area contributed by atoms with Crippen LogP contribution in [0.3, 0.4) is 0 Å². The van der Waals surface area contributed by atoms with Crippen LogP contribution < -0.4 is 4.90 Å². The third-order valence-corrected chi connectivity index (χ3v) is 7.97. The van der Waals surface area contributed by atoms with Gasteiger partial charge in [-0.1, -0.05) is 24.6 Å². The Hall–Kier alpha value is -1.80. The number of aryl methyl sites for hydroxylation is 1. The number of thiophene rings is 1. The largest absolute Gasteiger partial charge is 0.379 e. The molecule has 0 bridgehead atoms. The Labute approximate surface area is 197 Å². The molecule has 1 atom stereocenters. The fourth-order valence-electron chi connectivity index (χ4n) is 4.67. The summed E-state index contributed by atoms with van der Waals surface area (Å²) in [6.07, 6.45) is 3.32. The first-order chi connectivity index (χ1) is 15.5. The minimum atomic E-state index is -0.288. The predicted molar refractivity (Wildman–Crippen MR) is 128 cm³/mol. The number of rotatable bonds is 5. The van der Waals surface area contributed by atoms with Gasteiger partial charge in [0.15, 0.2) is 0 Å². The highest BCUT2D eigenvalue weighted by Crippen LogP contribution is 2.41. The normalized spacial score (nSPS) is 19.3. The van der Waals surface area contributed by atoms with Crippen LogP contribution in [0.25, 0.3) is 10.2 Å². The number of hydrogen-bond donors (Lipinski definition) is 0. The average molecular weight is 475 g/mol. The molecule has 0 unspecified atom stereocenters. The summed E-state index contributed by atoms with van der Waals surface area (Å²) >= 11 is 8.14. The Morgan fingerprint density at radius 1 is 1.28 bits per heavy atom. The molecule has 5 nitrogen and oxygen atoms in total. The zero-order valence-electron chi connectivity index (χ0n) is 18.5. The molecule has 1 fully saturated rings. The van der Waals surface area contributed by atoms with Crippen LogP contribution in [0.2, 0.25) is 5.02 Å². The lowest BCUT2D eigenvalue weighted by Gasteiger charge is -2.27. The van der Waals surface area contributed by atoms with E-state index in [4.69, 9.17) is 26.3 Å². The van der Waals surface area contributed by atoms with Crippen molar-refractivity contribution >= 4 is 39.0 Å². The van der Waals surface area contributed by atoms with Crippen molar-refractivity contribution in [1.82, 2.24) is 14.9 Å². The fraction of sp³-hybridized carbons (Fsp3) is 0.500. The van der Waals surface area contributed by atoms with Gasteiger partial charge in [0.25, 0.3) is 0 Å². The smallest absolute Gasteiger partial charge is 0.146 e. The number of morpholine rings is 1. The molecule has 1 aliphatic heterocycles. The molecular formula is C24H28ClFN4OS. The van der Waals surface area contributed by atoms with Crippen molar-refractivity contribution in [3.8, 4) is 0 Å². The zero-order valence-corrected chi connectivity index (χ0v) is 20.1. The Kier molecular flexibility index (Phi) is 6.34. The second-order valence-electron chi connectivity index (χ2n) is 8.94. The second-order valence-corrected chi connectivity index (χ2v) is 10.4. The van der Waals surface area contributed by atoms with Gasteiger partial charge in [0.2, 0.25) is 0 Å². The third-order valence-electron chi connectivity index (χ3n) is 6.47. The maximum absolute atomic E-state index is 14.5. The molecule has 1 aliphatic carbocycles. The number of aromatic nitrogens is 2. The topological polar surface area (TPSA) is 41.5 Å². The molecule has 2 aromatic heterocycles. The third kappa shape index (κ3) is 4.36. The molecule has 32 heavy (non-hydrogen) atoms. The molecule has 0 amide bonds. The molecule has 0 spiro atoms. The van der Waals surface area contributed by atoms with E-state index < -0.39 is 0 Å². The van der Waals surface area contributed by atoms with Gasteiger partial charge in [-0.2, -0.15) is 0 Å². The van der Waals surface area contributed by atoms with E-state index in [0.29, 0.717) is 29.6 Å². The van der Waals surface area contributed by atoms with Crippen molar-refractivity contribution in [3.05, 3.63) is 50.9 Å². The molecule has 5 rings (SSSR count). The number of hydrogen-bond acceptors (Lipinski definition) is 6. The van der Waals surface area contributed by atoms with E-state index in [-0.39, 0.29) is 5.82 Å². The Balaban J connectivity index is 1.56. The number of anilines is 1. The zero-order chi connectivity index (χ0) is 22.2. The molecule has 3 aromatic rings. The quantitative estimate of drug-likeness (QED) is 0.516. The summed E-state index contributed by atoms with van der Waals surface area (Å²) in [4.78, 5) is 16.8. The van der Waals surface area contributed by atoms with Gasteiger partial charge in [-0.3, -0.25) is 4.90 Å². The fourth-order valence-corrected chi connectivity index (χ4v) is 6.29. The van der Waals surface area contributed by atoms with E-state index in [9.17, 15) is 4.39 Å². The molecule has 0 N–H and O–H groups in total. The van der Waals surface area contributed by atoms with E-state index in [0.717, 1.165) is 61.0 Å². The lowest BCUT2D eigenvalue weighted by molar-refractivity contribution is 0.0331. The van der Waals surface area contributed by atoms with Crippen LogP contribution in [0.1, 0.15) is 35.2 Å². The van der Waals surface area contributed by atoms with Crippen molar-refractivity contribution in [2.75, 3.05) is 38.3 Å². The van der Waals surface area contributed by atoms with Gasteiger partial charge in [0, 0.05) is 42.1 Å². The summed E-state index contributed by atoms with van der Waals surface area (Å²) in [5.41, 5.74) is 1.87. The molecule has 170 valence electrons. The minimum Gasteiger partial charge on any atom is -0.379 e. The molecule has 0 radical (unpaired) electrons. The summed E-state index contributed by atoms with van der Waals surface area (Å²) in [5.74, 6) is 2.09. The first kappa shape index (κ1) is 22.0. The van der Waals surface area contributed by atoms with Gasteiger partial charge < -0.3 is 9.64 Å². The number of halogens is 2. The Bertz CT molecular complexity index is 1110. The van der Waals surface area contributed by atoms with Gasteiger partial charge in [0.05, 0.1) is 25.1 Å². The van der Waals surface area contributed by atoms with Crippen molar-refractivity contribution < 1.29 is 9.13 Å². The number of fused-ring (bicyclic) bond motifs is 3. The van der Waals surface area contributed by atoms with Gasteiger partial charge in [0.1, 0.15) is 22.3 Å². The SMILES string of the molecule is C[C@H]1CCc2c(sc3nc(CN4CCOCC4)nc(N(C)Cc4c(F)cccc4Cl)c23)C1. The highest BCUT2D eigenvalue weighted by molar-refractivity contribution is 7.19. The van der Waals surface area contributed by atoms with Crippen LogP contribution in [-0.2, 0) is 30.7 Å². The molecule has 1 aromatic carbocycles. The second kappa shape index (κ2) is 9.21. The van der Waals surface area contributed by atoms with E-state index in [2.05, 4.69) is 11.8 Å². The summed E-state index contributed by atoms with van der Waals surface area (Å²) in [6, 6.07) is 4.84. The van der Waals surface area contributed by atoms with Crippen molar-refractivity contribution in [1.29, 1.82) is 0 Å². The van der Waals surface area contributed by atoms with E-state index >= 15 is 0 Å². The maximum Gasteiger partial charge on any atom is 0.146 e. The molecule has 0 saturated carbocycles. The van der Waals surface area contributed by atoms with Gasteiger partial charge in [-0.25, -0.2) is 14.4 Å². The number of nitrogens with zero attached hydrogens (tertiary/aromatic N) is 4. The summed E-state index contributed by atoms with van der Waals surface area (Å²) in [5, 5.41) is 1.58. The highest BCUT2D eigenvalue weighted by atomic mass is 35.5. The summed E-state index contributed by atoms with van der Waals surface area (Å²) in [6.45, 7) is 6.62. The van der Waals surface area contributed by atoms with Gasteiger partial charge >= 0.3 is 0 Å². The lowest BCUT2D eigenvalue weighted by Crippen LogP contribution is -2.36. The van der Waals surface area contributed by atoms with Crippen molar-refractivity contribution in [2.45, 2.75) is 39.3 Å². The monoisotopic (exact) mass is 474 g/mol. The lowest BCUT2D eigenvalue weighted by atomic mass is 9.89. The van der Waals surface area contributed by atoms with Crippen LogP contribution in [0.15, 0.2) is 18.2 Å². The standard InChI is InChI=1S/C24H28ClFN4OS/c1-15-6-7-16-20(12-15)32-24-22(16)23(27-21(28-24)14-30-8-10-31-11-9-30)29(2)13-17-18(25)4-3-5-19(17)26/h3-5,15H,6-14H2,1-2H3/t15-/m0/s1. The maximum atomic E-state index is 14.5.